The molecule has 4 heteroatoms. The molecular weight excluding hydrogens is 206 g/mol. The van der Waals surface area contributed by atoms with Crippen molar-refractivity contribution < 1.29 is 0 Å². The molecule has 0 fully saturated rings. The third-order valence-corrected chi connectivity index (χ3v) is 2.95. The Morgan fingerprint density at radius 2 is 2.53 bits per heavy atom. The van der Waals surface area contributed by atoms with Crippen molar-refractivity contribution >= 4 is 32.4 Å². The lowest BCUT2D eigenvalue weighted by Gasteiger charge is -1.91. The molecular formula is C11H11N3S. The van der Waals surface area contributed by atoms with E-state index >= 15 is 0 Å². The highest BCUT2D eigenvalue weighted by Gasteiger charge is 2.02. The second-order valence-corrected chi connectivity index (χ2v) is 4.01. The van der Waals surface area contributed by atoms with Gasteiger partial charge in [0.1, 0.15) is 5.52 Å². The summed E-state index contributed by atoms with van der Waals surface area (Å²) < 4.78 is 1.11. The lowest BCUT2D eigenvalue weighted by molar-refractivity contribution is 1.27. The summed E-state index contributed by atoms with van der Waals surface area (Å²) in [6, 6.07) is 1.95. The molecule has 0 spiro atoms. The molecule has 2 aromatic rings. The van der Waals surface area contributed by atoms with Crippen molar-refractivity contribution in [2.75, 3.05) is 0 Å². The number of aromatic nitrogens is 2. The minimum Gasteiger partial charge on any atom is -0.262 e. The smallest absolute Gasteiger partial charge is 0.210 e. The molecule has 0 aliphatic heterocycles. The first-order chi connectivity index (χ1) is 7.33. The SMILES string of the molecule is C=CC(CC)=Nc1nc2cnccc2s1. The van der Waals surface area contributed by atoms with Crippen LogP contribution in [0.5, 0.6) is 0 Å². The van der Waals surface area contributed by atoms with Crippen LogP contribution in [-0.2, 0) is 0 Å². The summed E-state index contributed by atoms with van der Waals surface area (Å²) >= 11 is 1.57. The van der Waals surface area contributed by atoms with Crippen LogP contribution < -0.4 is 0 Å². The van der Waals surface area contributed by atoms with Gasteiger partial charge in [-0.25, -0.2) is 9.98 Å². The van der Waals surface area contributed by atoms with Gasteiger partial charge in [0.05, 0.1) is 10.9 Å². The maximum absolute atomic E-state index is 4.41. The third-order valence-electron chi connectivity index (χ3n) is 2.02. The molecule has 0 unspecified atom stereocenters. The van der Waals surface area contributed by atoms with Crippen LogP contribution in [0.25, 0.3) is 10.2 Å². The van der Waals surface area contributed by atoms with Crippen LogP contribution >= 0.6 is 11.3 Å². The van der Waals surface area contributed by atoms with Gasteiger partial charge in [-0.15, -0.1) is 0 Å². The predicted molar refractivity (Wildman–Crippen MR) is 65.0 cm³/mol. The number of rotatable bonds is 3. The summed E-state index contributed by atoms with van der Waals surface area (Å²) in [5.41, 5.74) is 1.86. The van der Waals surface area contributed by atoms with Gasteiger partial charge in [-0.05, 0) is 18.6 Å². The quantitative estimate of drug-likeness (QED) is 0.739. The predicted octanol–water partition coefficient (Wildman–Crippen LogP) is 3.36. The monoisotopic (exact) mass is 217 g/mol. The van der Waals surface area contributed by atoms with Gasteiger partial charge in [0.15, 0.2) is 0 Å². The molecule has 0 bridgehead atoms. The summed E-state index contributed by atoms with van der Waals surface area (Å²) in [6.45, 7) is 5.77. The Labute approximate surface area is 92.2 Å². The first-order valence-corrected chi connectivity index (χ1v) is 5.55. The first kappa shape index (κ1) is 9.98. The van der Waals surface area contributed by atoms with Gasteiger partial charge in [-0.2, -0.15) is 0 Å². The molecule has 2 aromatic heterocycles. The van der Waals surface area contributed by atoms with Gasteiger partial charge in [-0.1, -0.05) is 24.8 Å². The van der Waals surface area contributed by atoms with Gasteiger partial charge in [0.25, 0.3) is 0 Å². The largest absolute Gasteiger partial charge is 0.262 e. The Morgan fingerprint density at radius 3 is 3.20 bits per heavy atom. The van der Waals surface area contributed by atoms with Crippen molar-refractivity contribution in [1.29, 1.82) is 0 Å². The normalized spacial score (nSPS) is 11.9. The van der Waals surface area contributed by atoms with E-state index in [2.05, 4.69) is 28.5 Å². The molecule has 2 heterocycles. The lowest BCUT2D eigenvalue weighted by atomic mass is 10.3. The minimum atomic E-state index is 0.773. The Balaban J connectivity index is 2.45. The van der Waals surface area contributed by atoms with Crippen LogP contribution in [-0.4, -0.2) is 15.7 Å². The van der Waals surface area contributed by atoms with Crippen molar-refractivity contribution in [1.82, 2.24) is 9.97 Å². The van der Waals surface area contributed by atoms with E-state index < -0.39 is 0 Å². The first-order valence-electron chi connectivity index (χ1n) is 4.74. The van der Waals surface area contributed by atoms with E-state index in [9.17, 15) is 0 Å². The molecule has 0 aromatic carbocycles. The van der Waals surface area contributed by atoms with E-state index in [1.807, 2.05) is 6.07 Å². The summed E-state index contributed by atoms with van der Waals surface area (Å²) in [4.78, 5) is 12.8. The molecule has 0 atom stereocenters. The maximum atomic E-state index is 4.41. The highest BCUT2D eigenvalue weighted by Crippen LogP contribution is 2.27. The molecule has 0 amide bonds. The fourth-order valence-corrected chi connectivity index (χ4v) is 2.04. The fourth-order valence-electron chi connectivity index (χ4n) is 1.21. The van der Waals surface area contributed by atoms with Crippen molar-refractivity contribution in [3.05, 3.63) is 31.1 Å². The zero-order valence-corrected chi connectivity index (χ0v) is 9.29. The second-order valence-electron chi connectivity index (χ2n) is 3.00. The Hall–Kier alpha value is -1.55. The average molecular weight is 217 g/mol. The summed E-state index contributed by atoms with van der Waals surface area (Å²) in [5, 5.41) is 0.773. The van der Waals surface area contributed by atoms with Gasteiger partial charge in [0, 0.05) is 11.9 Å². The second kappa shape index (κ2) is 4.31. The van der Waals surface area contributed by atoms with Gasteiger partial charge in [0.2, 0.25) is 5.13 Å². The maximum Gasteiger partial charge on any atom is 0.210 e. The molecule has 3 nitrogen and oxygen atoms in total. The van der Waals surface area contributed by atoms with E-state index in [4.69, 9.17) is 0 Å². The summed E-state index contributed by atoms with van der Waals surface area (Å²) in [5.74, 6) is 0. The van der Waals surface area contributed by atoms with Crippen LogP contribution in [0.1, 0.15) is 13.3 Å². The third kappa shape index (κ3) is 2.10. The lowest BCUT2D eigenvalue weighted by Crippen LogP contribution is -1.87. The molecule has 15 heavy (non-hydrogen) atoms. The minimum absolute atomic E-state index is 0.773. The highest BCUT2D eigenvalue weighted by molar-refractivity contribution is 7.22. The number of allylic oxidation sites excluding steroid dienone is 1. The van der Waals surface area contributed by atoms with Gasteiger partial charge >= 0.3 is 0 Å². The summed E-state index contributed by atoms with van der Waals surface area (Å²) in [6.07, 6.45) is 6.16. The highest BCUT2D eigenvalue weighted by atomic mass is 32.1. The van der Waals surface area contributed by atoms with E-state index in [-0.39, 0.29) is 0 Å². The van der Waals surface area contributed by atoms with Crippen molar-refractivity contribution in [2.45, 2.75) is 13.3 Å². The molecule has 0 radical (unpaired) electrons. The van der Waals surface area contributed by atoms with Crippen LogP contribution in [0.3, 0.4) is 0 Å². The van der Waals surface area contributed by atoms with Crippen molar-refractivity contribution in [3.63, 3.8) is 0 Å². The van der Waals surface area contributed by atoms with Gasteiger partial charge < -0.3 is 0 Å². The fraction of sp³-hybridized carbons (Fsp3) is 0.182. The standard InChI is InChI=1S/C11H11N3S/c1-3-8(4-2)13-11-14-9-7-12-6-5-10(9)15-11/h3,5-7H,1,4H2,2H3. The molecule has 0 saturated heterocycles. The van der Waals surface area contributed by atoms with Crippen LogP contribution in [0.15, 0.2) is 36.1 Å². The topological polar surface area (TPSA) is 38.1 Å². The zero-order chi connectivity index (χ0) is 10.7. The zero-order valence-electron chi connectivity index (χ0n) is 8.47. The number of hydrogen-bond donors (Lipinski definition) is 0. The summed E-state index contributed by atoms with van der Waals surface area (Å²) in [7, 11) is 0. The van der Waals surface area contributed by atoms with Crippen molar-refractivity contribution in [3.8, 4) is 0 Å². The van der Waals surface area contributed by atoms with Crippen LogP contribution in [0.4, 0.5) is 5.13 Å². The molecule has 76 valence electrons. The van der Waals surface area contributed by atoms with E-state index in [1.165, 1.54) is 0 Å². The number of aliphatic imine (C=N–C) groups is 1. The molecule has 0 saturated carbocycles. The van der Waals surface area contributed by atoms with E-state index in [0.29, 0.717) is 0 Å². The number of pyridine rings is 1. The van der Waals surface area contributed by atoms with Crippen LogP contribution in [0.2, 0.25) is 0 Å². The molecule has 0 aliphatic rings. The molecule has 0 aliphatic carbocycles. The van der Waals surface area contributed by atoms with E-state index in [0.717, 1.165) is 27.5 Å². The number of fused-ring (bicyclic) bond motifs is 1. The number of hydrogen-bond acceptors (Lipinski definition) is 4. The average Bonchev–Trinajstić information content (AvgIpc) is 2.68. The molecule has 2 rings (SSSR count). The van der Waals surface area contributed by atoms with E-state index in [1.54, 1.807) is 29.8 Å². The Bertz CT molecular complexity index is 480. The van der Waals surface area contributed by atoms with Gasteiger partial charge in [-0.3, -0.25) is 4.98 Å². The molecule has 0 N–H and O–H groups in total. The number of nitrogens with zero attached hydrogens (tertiary/aromatic N) is 3. The Morgan fingerprint density at radius 1 is 1.67 bits per heavy atom. The Kier molecular flexibility index (Phi) is 2.87. The van der Waals surface area contributed by atoms with Crippen LogP contribution in [0, 0.1) is 0 Å². The van der Waals surface area contributed by atoms with Crippen molar-refractivity contribution in [2.24, 2.45) is 4.99 Å². The number of thiazole rings is 1.